The molecule has 0 saturated heterocycles. The quantitative estimate of drug-likeness (QED) is 0.785. The monoisotopic (exact) mass is 272 g/mol. The van der Waals surface area contributed by atoms with Crippen LogP contribution in [0.2, 0.25) is 0 Å². The van der Waals surface area contributed by atoms with Crippen molar-refractivity contribution in [2.45, 2.75) is 43.4 Å². The highest BCUT2D eigenvalue weighted by atomic mass is 79.9. The van der Waals surface area contributed by atoms with E-state index >= 15 is 0 Å². The smallest absolute Gasteiger partial charge is 0.317 e. The Hall–Kier alpha value is -0.0500. The third kappa shape index (κ3) is 1.46. The molecular weight excluding hydrogens is 256 g/mol. The summed E-state index contributed by atoms with van der Waals surface area (Å²) in [5, 5.41) is 9.20. The van der Waals surface area contributed by atoms with Gasteiger partial charge in [-0.3, -0.25) is 4.79 Å². The van der Waals surface area contributed by atoms with E-state index in [4.69, 9.17) is 0 Å². The van der Waals surface area contributed by atoms with Crippen molar-refractivity contribution in [2.24, 2.45) is 23.2 Å². The summed E-state index contributed by atoms with van der Waals surface area (Å²) in [6.45, 7) is 0. The van der Waals surface area contributed by atoms with E-state index < -0.39 is 5.97 Å². The van der Waals surface area contributed by atoms with Crippen molar-refractivity contribution < 1.29 is 9.90 Å². The van der Waals surface area contributed by atoms with E-state index in [0.717, 1.165) is 37.0 Å². The zero-order chi connectivity index (χ0) is 10.6. The molecule has 0 radical (unpaired) electrons. The van der Waals surface area contributed by atoms with Crippen molar-refractivity contribution in [1.82, 2.24) is 0 Å². The lowest BCUT2D eigenvalue weighted by Gasteiger charge is -2.57. The van der Waals surface area contributed by atoms with Gasteiger partial charge in [0.1, 0.15) is 4.83 Å². The molecule has 0 aliphatic heterocycles. The largest absolute Gasteiger partial charge is 0.480 e. The van der Waals surface area contributed by atoms with E-state index in [2.05, 4.69) is 15.9 Å². The molecule has 4 bridgehead atoms. The van der Waals surface area contributed by atoms with Gasteiger partial charge < -0.3 is 5.11 Å². The zero-order valence-corrected chi connectivity index (χ0v) is 10.4. The van der Waals surface area contributed by atoms with Crippen molar-refractivity contribution in [3.8, 4) is 0 Å². The first-order valence-corrected chi connectivity index (χ1v) is 6.87. The number of carboxylic acid groups (broad SMARTS) is 1. The summed E-state index contributed by atoms with van der Waals surface area (Å²) in [6.07, 6.45) is 7.58. The van der Waals surface area contributed by atoms with E-state index in [9.17, 15) is 9.90 Å². The fourth-order valence-electron chi connectivity index (χ4n) is 4.75. The highest BCUT2D eigenvalue weighted by Gasteiger charge is 2.55. The molecule has 0 aromatic heterocycles. The van der Waals surface area contributed by atoms with Crippen LogP contribution in [-0.4, -0.2) is 15.9 Å². The van der Waals surface area contributed by atoms with Crippen molar-refractivity contribution >= 4 is 21.9 Å². The second-order valence-electron chi connectivity index (χ2n) is 5.98. The van der Waals surface area contributed by atoms with Gasteiger partial charge in [0.05, 0.1) is 0 Å². The molecule has 4 aliphatic rings. The molecule has 1 atom stereocenters. The number of rotatable bonds is 2. The Bertz CT molecular complexity index is 265. The molecule has 2 nitrogen and oxygen atoms in total. The SMILES string of the molecule is O=C(O)C(Br)C12CC3CC(CC(C3)C1)C2. The van der Waals surface area contributed by atoms with Crippen LogP contribution in [0.25, 0.3) is 0 Å². The van der Waals surface area contributed by atoms with E-state index in [-0.39, 0.29) is 10.2 Å². The molecule has 0 aromatic carbocycles. The minimum atomic E-state index is -0.656. The minimum Gasteiger partial charge on any atom is -0.480 e. The summed E-state index contributed by atoms with van der Waals surface area (Å²) in [7, 11) is 0. The molecule has 1 unspecified atom stereocenters. The Kier molecular flexibility index (Phi) is 2.17. The summed E-state index contributed by atoms with van der Waals surface area (Å²) in [6, 6.07) is 0. The first kappa shape index (κ1) is 10.1. The lowest BCUT2D eigenvalue weighted by molar-refractivity contribution is -0.143. The number of carbonyl (C=O) groups is 1. The Morgan fingerprint density at radius 1 is 1.13 bits per heavy atom. The summed E-state index contributed by atoms with van der Waals surface area (Å²) >= 11 is 3.43. The molecule has 0 spiro atoms. The molecule has 0 amide bonds. The van der Waals surface area contributed by atoms with Gasteiger partial charge in [-0.05, 0) is 61.7 Å². The van der Waals surface area contributed by atoms with Gasteiger partial charge in [-0.1, -0.05) is 15.9 Å². The Labute approximate surface area is 98.6 Å². The third-order valence-electron chi connectivity index (χ3n) is 4.84. The van der Waals surface area contributed by atoms with Gasteiger partial charge in [-0.25, -0.2) is 0 Å². The molecule has 0 heterocycles. The summed E-state index contributed by atoms with van der Waals surface area (Å²) in [4.78, 5) is 10.9. The minimum absolute atomic E-state index is 0.0978. The van der Waals surface area contributed by atoms with Crippen LogP contribution in [0.15, 0.2) is 0 Å². The number of aliphatic carboxylic acids is 1. The van der Waals surface area contributed by atoms with Crippen molar-refractivity contribution in [3.05, 3.63) is 0 Å². The molecule has 1 N–H and O–H groups in total. The summed E-state index contributed by atoms with van der Waals surface area (Å²) in [5.74, 6) is 1.83. The molecule has 15 heavy (non-hydrogen) atoms. The van der Waals surface area contributed by atoms with Gasteiger partial charge in [0.2, 0.25) is 0 Å². The van der Waals surface area contributed by atoms with E-state index in [1.165, 1.54) is 19.3 Å². The first-order chi connectivity index (χ1) is 7.09. The van der Waals surface area contributed by atoms with Crippen molar-refractivity contribution in [1.29, 1.82) is 0 Å². The van der Waals surface area contributed by atoms with Crippen LogP contribution in [0.4, 0.5) is 0 Å². The normalized spacial score (nSPS) is 49.3. The van der Waals surface area contributed by atoms with Crippen LogP contribution >= 0.6 is 15.9 Å². The Morgan fingerprint density at radius 2 is 1.53 bits per heavy atom. The topological polar surface area (TPSA) is 37.3 Å². The third-order valence-corrected chi connectivity index (χ3v) is 6.20. The van der Waals surface area contributed by atoms with Gasteiger partial charge in [-0.15, -0.1) is 0 Å². The number of carboxylic acids is 1. The second-order valence-corrected chi connectivity index (χ2v) is 6.90. The molecule has 3 heteroatoms. The van der Waals surface area contributed by atoms with Crippen molar-refractivity contribution in [3.63, 3.8) is 0 Å². The van der Waals surface area contributed by atoms with Gasteiger partial charge >= 0.3 is 5.97 Å². The lowest BCUT2D eigenvalue weighted by atomic mass is 9.49. The Morgan fingerprint density at radius 3 is 1.87 bits per heavy atom. The standard InChI is InChI=1S/C12H17BrO2/c13-10(11(14)15)12-4-7-1-8(5-12)3-9(2-7)6-12/h7-10H,1-6H2,(H,14,15). The van der Waals surface area contributed by atoms with Crippen LogP contribution in [0.3, 0.4) is 0 Å². The van der Waals surface area contributed by atoms with Gasteiger partial charge in [0.25, 0.3) is 0 Å². The predicted molar refractivity (Wildman–Crippen MR) is 61.0 cm³/mol. The van der Waals surface area contributed by atoms with Crippen LogP contribution in [0.1, 0.15) is 38.5 Å². The maximum absolute atomic E-state index is 11.2. The molecule has 4 aliphatic carbocycles. The molecule has 0 aromatic rings. The Balaban J connectivity index is 1.89. The van der Waals surface area contributed by atoms with Crippen molar-refractivity contribution in [2.75, 3.05) is 0 Å². The average molecular weight is 273 g/mol. The number of halogens is 1. The van der Waals surface area contributed by atoms with Gasteiger partial charge in [-0.2, -0.15) is 0 Å². The molecular formula is C12H17BrO2. The van der Waals surface area contributed by atoms with Crippen LogP contribution in [-0.2, 0) is 4.79 Å². The lowest BCUT2D eigenvalue weighted by Crippen LogP contribution is -2.51. The number of hydrogen-bond acceptors (Lipinski definition) is 1. The van der Waals surface area contributed by atoms with Crippen LogP contribution in [0.5, 0.6) is 0 Å². The van der Waals surface area contributed by atoms with E-state index in [0.29, 0.717) is 0 Å². The molecule has 4 rings (SSSR count). The predicted octanol–water partition coefficient (Wildman–Crippen LogP) is 3.05. The van der Waals surface area contributed by atoms with E-state index in [1.807, 2.05) is 0 Å². The average Bonchev–Trinajstić information content (AvgIpc) is 2.14. The first-order valence-electron chi connectivity index (χ1n) is 5.96. The zero-order valence-electron chi connectivity index (χ0n) is 8.79. The van der Waals surface area contributed by atoms with Crippen LogP contribution < -0.4 is 0 Å². The van der Waals surface area contributed by atoms with E-state index in [1.54, 1.807) is 0 Å². The summed E-state index contributed by atoms with van der Waals surface area (Å²) < 4.78 is 0. The van der Waals surface area contributed by atoms with Gasteiger partial charge in [0.15, 0.2) is 0 Å². The highest BCUT2D eigenvalue weighted by Crippen LogP contribution is 2.62. The number of hydrogen-bond donors (Lipinski definition) is 1. The highest BCUT2D eigenvalue weighted by molar-refractivity contribution is 9.10. The molecule has 4 fully saturated rings. The number of alkyl halides is 1. The van der Waals surface area contributed by atoms with Gasteiger partial charge in [0, 0.05) is 0 Å². The fraction of sp³-hybridized carbons (Fsp3) is 0.917. The maximum atomic E-state index is 11.2. The summed E-state index contributed by atoms with van der Waals surface area (Å²) in [5.41, 5.74) is 0.0978. The maximum Gasteiger partial charge on any atom is 0.317 e. The second kappa shape index (κ2) is 3.22. The van der Waals surface area contributed by atoms with Crippen LogP contribution in [0, 0.1) is 23.2 Å². The fourth-order valence-corrected chi connectivity index (χ4v) is 5.31. The molecule has 4 saturated carbocycles. The molecule has 84 valence electrons.